The minimum Gasteiger partial charge on any atom is -0.105 e. The monoisotopic (exact) mass is 426 g/mol. The molecule has 0 saturated carbocycles. The van der Waals surface area contributed by atoms with Crippen LogP contribution in [0.5, 0.6) is 0 Å². The smallest absolute Gasteiger partial charge is 0.0873 e. The molecule has 2 radical (unpaired) electrons. The van der Waals surface area contributed by atoms with Gasteiger partial charge in [-0.1, -0.05) is 98.8 Å². The summed E-state index contributed by atoms with van der Waals surface area (Å²) in [5, 5.41) is 0. The molecule has 0 aliphatic rings. The van der Waals surface area contributed by atoms with Gasteiger partial charge in [-0.05, 0) is 61.5 Å². The molecule has 0 heterocycles. The quantitative estimate of drug-likeness (QED) is 0.0973. The Morgan fingerprint density at radius 1 is 0.464 bits per heavy atom. The Hall–Kier alpha value is 0.925. The van der Waals surface area contributed by atoms with Crippen molar-refractivity contribution in [3.05, 3.63) is 0 Å². The highest BCUT2D eigenvalue weighted by Crippen LogP contribution is 2.68. The van der Waals surface area contributed by atoms with Crippen LogP contribution in [-0.2, 0) is 0 Å². The maximum atomic E-state index is 7.56. The summed E-state index contributed by atoms with van der Waals surface area (Å²) in [6, 6.07) is 0. The predicted octanol–water partition coefficient (Wildman–Crippen LogP) is 9.72. The van der Waals surface area contributed by atoms with Gasteiger partial charge in [-0.15, -0.1) is 15.8 Å². The first kappa shape index (κ1) is 28.9. The summed E-state index contributed by atoms with van der Waals surface area (Å²) in [5.41, 5.74) is 0. The summed E-state index contributed by atoms with van der Waals surface area (Å²) in [7, 11) is 7.53. The topological polar surface area (TPSA) is 0 Å². The van der Waals surface area contributed by atoms with Gasteiger partial charge in [0.25, 0.3) is 0 Å². The Kier molecular flexibility index (Phi) is 20.5. The van der Waals surface area contributed by atoms with Gasteiger partial charge < -0.3 is 0 Å². The SMILES string of the molecule is [B]C(CCCC)(P(CCCCC)CCCCC)P(CCCCC)CCCCC. The molecule has 0 unspecified atom stereocenters. The lowest BCUT2D eigenvalue weighted by molar-refractivity contribution is 0.708. The molecule has 0 N–H and O–H groups in total. The van der Waals surface area contributed by atoms with Crippen molar-refractivity contribution >= 4 is 23.7 Å². The second-order valence-corrected chi connectivity index (χ2v) is 14.7. The zero-order valence-corrected chi connectivity index (χ0v) is 22.2. The fourth-order valence-electron chi connectivity index (χ4n) is 4.16. The van der Waals surface area contributed by atoms with Crippen LogP contribution in [0.1, 0.15) is 131 Å². The van der Waals surface area contributed by atoms with Gasteiger partial charge in [-0.2, -0.15) is 0 Å². The van der Waals surface area contributed by atoms with Crippen LogP contribution in [-0.4, -0.2) is 37.3 Å². The zero-order valence-electron chi connectivity index (χ0n) is 20.4. The third-order valence-corrected chi connectivity index (χ3v) is 13.9. The van der Waals surface area contributed by atoms with Crippen LogP contribution >= 0.6 is 15.8 Å². The van der Waals surface area contributed by atoms with Gasteiger partial charge in [0, 0.05) is 0 Å². The Morgan fingerprint density at radius 3 is 1.00 bits per heavy atom. The van der Waals surface area contributed by atoms with E-state index in [9.17, 15) is 0 Å². The molecule has 166 valence electrons. The van der Waals surface area contributed by atoms with E-state index in [1.165, 1.54) is 121 Å². The summed E-state index contributed by atoms with van der Waals surface area (Å²) in [6.07, 6.45) is 26.4. The van der Waals surface area contributed by atoms with Gasteiger partial charge in [-0.3, -0.25) is 0 Å². The third kappa shape index (κ3) is 12.6. The molecular formula is C25H53BP2. The molecule has 0 rings (SSSR count). The molecule has 0 aromatic carbocycles. The van der Waals surface area contributed by atoms with E-state index >= 15 is 0 Å². The normalized spacial score (nSPS) is 12.4. The molecule has 28 heavy (non-hydrogen) atoms. The Labute approximate surface area is 184 Å². The highest BCUT2D eigenvalue weighted by Gasteiger charge is 2.38. The predicted molar refractivity (Wildman–Crippen MR) is 139 cm³/mol. The molecular weight excluding hydrogens is 373 g/mol. The zero-order chi connectivity index (χ0) is 21.1. The van der Waals surface area contributed by atoms with Crippen molar-refractivity contribution in [3.8, 4) is 0 Å². The van der Waals surface area contributed by atoms with Gasteiger partial charge in [0.05, 0.1) is 7.85 Å². The number of rotatable bonds is 21. The number of hydrogen-bond donors (Lipinski definition) is 0. The molecule has 0 amide bonds. The van der Waals surface area contributed by atoms with E-state index in [1.54, 1.807) is 0 Å². The first-order valence-electron chi connectivity index (χ1n) is 12.9. The van der Waals surface area contributed by atoms with Gasteiger partial charge in [-0.25, -0.2) is 0 Å². The van der Waals surface area contributed by atoms with Crippen LogP contribution in [0, 0.1) is 0 Å². The van der Waals surface area contributed by atoms with Gasteiger partial charge >= 0.3 is 0 Å². The maximum Gasteiger partial charge on any atom is 0.0873 e. The fraction of sp³-hybridized carbons (Fsp3) is 1.00. The van der Waals surface area contributed by atoms with E-state index in [1.807, 2.05) is 0 Å². The lowest BCUT2D eigenvalue weighted by atomic mass is 9.97. The highest BCUT2D eigenvalue weighted by molar-refractivity contribution is 7.79. The van der Waals surface area contributed by atoms with E-state index in [0.29, 0.717) is 0 Å². The van der Waals surface area contributed by atoms with E-state index in [2.05, 4.69) is 34.6 Å². The van der Waals surface area contributed by atoms with Crippen molar-refractivity contribution in [2.75, 3.05) is 24.6 Å². The molecule has 0 aromatic heterocycles. The molecule has 0 aliphatic carbocycles. The molecule has 0 spiro atoms. The minimum atomic E-state index is -0.0154. The summed E-state index contributed by atoms with van der Waals surface area (Å²) in [5.74, 6) is 0. The first-order chi connectivity index (χ1) is 13.6. The number of hydrogen-bond acceptors (Lipinski definition) is 0. The Bertz CT molecular complexity index is 278. The van der Waals surface area contributed by atoms with Gasteiger partial charge in [0.2, 0.25) is 0 Å². The third-order valence-electron chi connectivity index (χ3n) is 6.12. The van der Waals surface area contributed by atoms with Crippen molar-refractivity contribution in [3.63, 3.8) is 0 Å². The largest absolute Gasteiger partial charge is 0.105 e. The summed E-state index contributed by atoms with van der Waals surface area (Å²) >= 11 is 0. The summed E-state index contributed by atoms with van der Waals surface area (Å²) in [4.78, 5) is 0.212. The van der Waals surface area contributed by atoms with Crippen LogP contribution in [0.4, 0.5) is 0 Å². The Balaban J connectivity index is 5.42. The molecule has 3 heteroatoms. The van der Waals surface area contributed by atoms with Crippen molar-refractivity contribution in [1.29, 1.82) is 0 Å². The molecule has 0 aliphatic heterocycles. The average Bonchev–Trinajstić information content (AvgIpc) is 2.70. The van der Waals surface area contributed by atoms with Gasteiger partial charge in [0.1, 0.15) is 0 Å². The van der Waals surface area contributed by atoms with Crippen molar-refractivity contribution < 1.29 is 0 Å². The maximum absolute atomic E-state index is 7.56. The number of unbranched alkanes of at least 4 members (excludes halogenated alkanes) is 9. The van der Waals surface area contributed by atoms with E-state index < -0.39 is 0 Å². The summed E-state index contributed by atoms with van der Waals surface area (Å²) in [6.45, 7) is 11.7. The molecule has 0 fully saturated rings. The fourth-order valence-corrected chi connectivity index (χ4v) is 12.3. The van der Waals surface area contributed by atoms with Crippen LogP contribution < -0.4 is 0 Å². The second kappa shape index (κ2) is 19.9. The lowest BCUT2D eigenvalue weighted by Gasteiger charge is -2.47. The highest BCUT2D eigenvalue weighted by atomic mass is 31.2. The first-order valence-corrected chi connectivity index (χ1v) is 16.3. The average molecular weight is 426 g/mol. The Morgan fingerprint density at radius 2 is 0.750 bits per heavy atom. The van der Waals surface area contributed by atoms with E-state index in [-0.39, 0.29) is 20.6 Å². The van der Waals surface area contributed by atoms with Crippen LogP contribution in [0.2, 0.25) is 0 Å². The standard InChI is InChI=1S/C25H53BP2/c1-6-11-16-21-27(22-17-12-7-2)25(26,20-15-10-5)28(23-18-13-8-3)24-19-14-9-4/h6-24H2,1-5H3. The molecule has 0 bridgehead atoms. The van der Waals surface area contributed by atoms with E-state index in [0.717, 1.165) is 0 Å². The molecule has 0 nitrogen and oxygen atoms in total. The summed E-state index contributed by atoms with van der Waals surface area (Å²) < 4.78 is 0. The lowest BCUT2D eigenvalue weighted by Crippen LogP contribution is -2.30. The van der Waals surface area contributed by atoms with Crippen LogP contribution in [0.25, 0.3) is 0 Å². The van der Waals surface area contributed by atoms with Gasteiger partial charge in [0.15, 0.2) is 0 Å². The van der Waals surface area contributed by atoms with Crippen molar-refractivity contribution in [2.45, 2.75) is 136 Å². The molecule has 0 saturated heterocycles. The molecule has 0 aromatic rings. The minimum absolute atomic E-state index is 0.0154. The van der Waals surface area contributed by atoms with E-state index in [4.69, 9.17) is 7.85 Å². The second-order valence-electron chi connectivity index (χ2n) is 8.78. The van der Waals surface area contributed by atoms with Crippen LogP contribution in [0.15, 0.2) is 0 Å². The molecule has 0 atom stereocenters. The van der Waals surface area contributed by atoms with Crippen molar-refractivity contribution in [1.82, 2.24) is 0 Å². The van der Waals surface area contributed by atoms with Crippen molar-refractivity contribution in [2.24, 2.45) is 0 Å². The van der Waals surface area contributed by atoms with Crippen LogP contribution in [0.3, 0.4) is 0 Å².